The highest BCUT2D eigenvalue weighted by Gasteiger charge is 2.36. The first-order valence-corrected chi connectivity index (χ1v) is 12.8. The van der Waals surface area contributed by atoms with Gasteiger partial charge in [-0.15, -0.1) is 0 Å². The summed E-state index contributed by atoms with van der Waals surface area (Å²) >= 11 is 0. The fourth-order valence-electron chi connectivity index (χ4n) is 5.36. The summed E-state index contributed by atoms with van der Waals surface area (Å²) in [4.78, 5) is 30.5. The van der Waals surface area contributed by atoms with Gasteiger partial charge >= 0.3 is 12.1 Å². The van der Waals surface area contributed by atoms with Crippen molar-refractivity contribution in [2.75, 3.05) is 19.6 Å². The maximum atomic E-state index is 13.8. The van der Waals surface area contributed by atoms with Crippen molar-refractivity contribution in [2.24, 2.45) is 0 Å². The molecule has 2 aromatic rings. The van der Waals surface area contributed by atoms with Crippen LogP contribution in [0.4, 0.5) is 22.0 Å². The number of nitrogens with zero attached hydrogens (tertiary/aromatic N) is 3. The van der Waals surface area contributed by atoms with E-state index in [0.29, 0.717) is 18.8 Å². The normalized spacial score (nSPS) is 19.4. The van der Waals surface area contributed by atoms with Gasteiger partial charge in [0.25, 0.3) is 11.8 Å². The van der Waals surface area contributed by atoms with Crippen molar-refractivity contribution in [1.82, 2.24) is 19.8 Å². The zero-order chi connectivity index (χ0) is 27.5. The van der Waals surface area contributed by atoms with Crippen LogP contribution in [0.1, 0.15) is 79.2 Å². The number of aromatic nitrogens is 2. The minimum absolute atomic E-state index is 0.117. The Hall–Kier alpha value is -3.02. The van der Waals surface area contributed by atoms with E-state index in [2.05, 4.69) is 10.3 Å². The number of carboxylic acid groups (broad SMARTS) is 1. The quantitative estimate of drug-likeness (QED) is 0.423. The number of imidazole rings is 1. The van der Waals surface area contributed by atoms with Gasteiger partial charge in [0, 0.05) is 31.1 Å². The first-order chi connectivity index (χ1) is 17.9. The second-order valence-electron chi connectivity index (χ2n) is 10.1. The Morgan fingerprint density at radius 3 is 2.53 bits per heavy atom. The molecule has 38 heavy (non-hydrogen) atoms. The van der Waals surface area contributed by atoms with Crippen LogP contribution in [0.2, 0.25) is 0 Å². The molecule has 2 aliphatic rings. The van der Waals surface area contributed by atoms with E-state index < -0.39 is 48.5 Å². The van der Waals surface area contributed by atoms with Crippen LogP contribution in [0.25, 0.3) is 5.69 Å². The maximum Gasteiger partial charge on any atom is 0.418 e. The van der Waals surface area contributed by atoms with Crippen LogP contribution in [0.3, 0.4) is 0 Å². The van der Waals surface area contributed by atoms with E-state index in [0.717, 1.165) is 31.7 Å². The van der Waals surface area contributed by atoms with E-state index in [1.807, 2.05) is 0 Å². The number of halogens is 5. The molecule has 1 aromatic heterocycles. The topological polar surface area (TPSA) is 87.5 Å². The fourth-order valence-corrected chi connectivity index (χ4v) is 5.36. The minimum atomic E-state index is -4.62. The Bertz CT molecular complexity index is 1140. The monoisotopic (exact) mass is 542 g/mol. The average Bonchev–Trinajstić information content (AvgIpc) is 3.51. The molecule has 1 aromatic carbocycles. The predicted molar refractivity (Wildman–Crippen MR) is 129 cm³/mol. The highest BCUT2D eigenvalue weighted by atomic mass is 19.4. The van der Waals surface area contributed by atoms with Crippen molar-refractivity contribution in [3.63, 3.8) is 0 Å². The summed E-state index contributed by atoms with van der Waals surface area (Å²) in [6.07, 6.45) is -0.268. The number of aliphatic carboxylic acids is 1. The lowest BCUT2D eigenvalue weighted by Gasteiger charge is -2.33. The van der Waals surface area contributed by atoms with Gasteiger partial charge in [-0.1, -0.05) is 25.0 Å². The molecule has 4 rings (SSSR count). The largest absolute Gasteiger partial charge is 0.481 e. The van der Waals surface area contributed by atoms with Gasteiger partial charge < -0.3 is 15.0 Å². The number of benzene rings is 1. The molecule has 0 bridgehead atoms. The standard InChI is InChI=1S/C26H31F5N4O3/c27-25(28)11-5-12-34(16-25)13-10-18(14-22(36)37)32-24(38)20-15-35(23(33-20)17-6-1-2-7-17)21-9-4-3-8-19(21)26(29,30)31/h3-4,8-9,15,17-18H,1-2,5-7,10-14,16H2,(H,32,38)(H,36,37)/t18-/m0/s1. The number of carbonyl (C=O) groups is 2. The number of rotatable bonds is 9. The molecule has 2 fully saturated rings. The van der Waals surface area contributed by atoms with Gasteiger partial charge in [-0.25, -0.2) is 13.8 Å². The number of likely N-dealkylation sites (tertiary alicyclic amines) is 1. The van der Waals surface area contributed by atoms with Gasteiger partial charge in [-0.3, -0.25) is 14.5 Å². The van der Waals surface area contributed by atoms with Crippen LogP contribution in [0, 0.1) is 0 Å². The number of para-hydroxylation sites is 1. The molecule has 1 saturated heterocycles. The Balaban J connectivity index is 1.57. The highest BCUT2D eigenvalue weighted by Crippen LogP contribution is 2.38. The zero-order valence-corrected chi connectivity index (χ0v) is 20.8. The molecule has 1 aliphatic heterocycles. The molecule has 12 heteroatoms. The summed E-state index contributed by atoms with van der Waals surface area (Å²) in [7, 11) is 0. The lowest BCUT2D eigenvalue weighted by molar-refractivity contribution is -0.138. The van der Waals surface area contributed by atoms with Crippen LogP contribution >= 0.6 is 0 Å². The average molecular weight is 543 g/mol. The van der Waals surface area contributed by atoms with E-state index in [4.69, 9.17) is 0 Å². The summed E-state index contributed by atoms with van der Waals surface area (Å²) in [6.45, 7) is 0.208. The van der Waals surface area contributed by atoms with Crippen molar-refractivity contribution in [1.29, 1.82) is 0 Å². The first kappa shape index (κ1) is 28.0. The molecule has 1 aliphatic carbocycles. The molecule has 1 saturated carbocycles. The molecule has 2 heterocycles. The second-order valence-corrected chi connectivity index (χ2v) is 10.1. The number of hydrogen-bond donors (Lipinski definition) is 2. The minimum Gasteiger partial charge on any atom is -0.481 e. The number of hydrogen-bond acceptors (Lipinski definition) is 4. The molecule has 0 spiro atoms. The molecule has 2 N–H and O–H groups in total. The number of alkyl halides is 5. The Morgan fingerprint density at radius 2 is 1.87 bits per heavy atom. The molecular weight excluding hydrogens is 511 g/mol. The molecular formula is C26H31F5N4O3. The SMILES string of the molecule is O=C(O)C[C@H](CCN1CCCC(F)(F)C1)NC(=O)c1cn(-c2ccccc2C(F)(F)F)c(C2CCCC2)n1. The maximum absolute atomic E-state index is 13.8. The van der Waals surface area contributed by atoms with E-state index in [-0.39, 0.29) is 36.7 Å². The molecule has 0 radical (unpaired) electrons. The van der Waals surface area contributed by atoms with E-state index >= 15 is 0 Å². The Morgan fingerprint density at radius 1 is 1.16 bits per heavy atom. The summed E-state index contributed by atoms with van der Waals surface area (Å²) in [5.74, 6) is -4.46. The molecule has 1 atom stereocenters. The third-order valence-corrected chi connectivity index (χ3v) is 7.18. The number of carboxylic acids is 1. The fraction of sp³-hybridized carbons (Fsp3) is 0.577. The van der Waals surface area contributed by atoms with Crippen LogP contribution < -0.4 is 5.32 Å². The number of carbonyl (C=O) groups excluding carboxylic acids is 1. The van der Waals surface area contributed by atoms with Crippen LogP contribution in [-0.2, 0) is 11.0 Å². The van der Waals surface area contributed by atoms with Crippen molar-refractivity contribution in [3.05, 3.63) is 47.5 Å². The number of amides is 1. The third-order valence-electron chi connectivity index (χ3n) is 7.18. The highest BCUT2D eigenvalue weighted by molar-refractivity contribution is 5.92. The summed E-state index contributed by atoms with van der Waals surface area (Å²) < 4.78 is 70.1. The predicted octanol–water partition coefficient (Wildman–Crippen LogP) is 5.24. The van der Waals surface area contributed by atoms with Gasteiger partial charge in [0.05, 0.1) is 24.2 Å². The van der Waals surface area contributed by atoms with Crippen molar-refractivity contribution >= 4 is 11.9 Å². The summed E-state index contributed by atoms with van der Waals surface area (Å²) in [5, 5.41) is 11.9. The summed E-state index contributed by atoms with van der Waals surface area (Å²) in [5.41, 5.74) is -1.11. The number of nitrogens with one attached hydrogen (secondary N) is 1. The van der Waals surface area contributed by atoms with Gasteiger partial charge in [0.1, 0.15) is 11.5 Å². The second kappa shape index (κ2) is 11.4. The van der Waals surface area contributed by atoms with Gasteiger partial charge in [-0.05, 0) is 44.4 Å². The van der Waals surface area contributed by atoms with Crippen molar-refractivity contribution < 1.29 is 36.6 Å². The third kappa shape index (κ3) is 6.89. The van der Waals surface area contributed by atoms with Gasteiger partial charge in [-0.2, -0.15) is 13.2 Å². The molecule has 0 unspecified atom stereocenters. The zero-order valence-electron chi connectivity index (χ0n) is 20.8. The molecule has 208 valence electrons. The lowest BCUT2D eigenvalue weighted by Crippen LogP contribution is -2.45. The smallest absolute Gasteiger partial charge is 0.418 e. The van der Waals surface area contributed by atoms with Crippen molar-refractivity contribution in [3.8, 4) is 5.69 Å². The number of piperidine rings is 1. The van der Waals surface area contributed by atoms with Crippen LogP contribution in [-0.4, -0.2) is 63.0 Å². The lowest BCUT2D eigenvalue weighted by atomic mass is 10.1. The van der Waals surface area contributed by atoms with Crippen LogP contribution in [0.15, 0.2) is 30.5 Å². The van der Waals surface area contributed by atoms with E-state index in [1.54, 1.807) is 4.90 Å². The van der Waals surface area contributed by atoms with Gasteiger partial charge in [0.15, 0.2) is 0 Å². The molecule has 7 nitrogen and oxygen atoms in total. The first-order valence-electron chi connectivity index (χ1n) is 12.8. The molecule has 1 amide bonds. The van der Waals surface area contributed by atoms with Crippen molar-refractivity contribution in [2.45, 2.75) is 75.4 Å². The Labute approximate surface area is 217 Å². The van der Waals surface area contributed by atoms with Gasteiger partial charge in [0.2, 0.25) is 0 Å². The van der Waals surface area contributed by atoms with E-state index in [1.165, 1.54) is 29.0 Å². The van der Waals surface area contributed by atoms with E-state index in [9.17, 15) is 36.6 Å². The van der Waals surface area contributed by atoms with Crippen LogP contribution in [0.5, 0.6) is 0 Å². The summed E-state index contributed by atoms with van der Waals surface area (Å²) in [6, 6.07) is 4.21. The Kier molecular flexibility index (Phi) is 8.39.